The fourth-order valence-electron chi connectivity index (χ4n) is 5.78. The predicted molar refractivity (Wildman–Crippen MR) is 76.9 cm³/mol. The molecule has 5 heteroatoms. The van der Waals surface area contributed by atoms with Gasteiger partial charge in [0.2, 0.25) is 0 Å². The Morgan fingerprint density at radius 3 is 2.23 bits per heavy atom. The smallest absolute Gasteiger partial charge is 0.323 e. The quantitative estimate of drug-likeness (QED) is 0.578. The molecule has 0 amide bonds. The predicted octanol–water partition coefficient (Wildman–Crippen LogP) is 2.22. The molecule has 122 valence electrons. The molecule has 4 rings (SSSR count). The van der Waals surface area contributed by atoms with Crippen molar-refractivity contribution >= 4 is 11.9 Å². The topological polar surface area (TPSA) is 61.8 Å². The molecule has 1 aliphatic heterocycles. The first-order valence-electron chi connectivity index (χ1n) is 8.38. The van der Waals surface area contributed by atoms with E-state index in [0.717, 1.165) is 19.3 Å². The third-order valence-electron chi connectivity index (χ3n) is 6.79. The second-order valence-electron chi connectivity index (χ2n) is 7.67. The highest BCUT2D eigenvalue weighted by molar-refractivity contribution is 6.00. The summed E-state index contributed by atoms with van der Waals surface area (Å²) in [6.45, 7) is 0. The molecule has 3 aliphatic carbocycles. The highest BCUT2D eigenvalue weighted by Crippen LogP contribution is 2.77. The summed E-state index contributed by atoms with van der Waals surface area (Å²) in [4.78, 5) is 24.9. The molecule has 3 atom stereocenters. The number of hydrogen-bond donors (Lipinski definition) is 0. The SMILES string of the molecule is COC(=O)C1(C(=O)OC)C[C@H]2C3(CCCCC3)O[C@@H]3C[C@@]32C1. The lowest BCUT2D eigenvalue weighted by Crippen LogP contribution is -2.44. The molecule has 0 aromatic carbocycles. The maximum Gasteiger partial charge on any atom is 0.323 e. The van der Waals surface area contributed by atoms with Gasteiger partial charge in [-0.25, -0.2) is 0 Å². The number of methoxy groups -OCH3 is 2. The summed E-state index contributed by atoms with van der Waals surface area (Å²) < 4.78 is 16.4. The number of carbonyl (C=O) groups is 2. The summed E-state index contributed by atoms with van der Waals surface area (Å²) in [7, 11) is 2.71. The summed E-state index contributed by atoms with van der Waals surface area (Å²) in [5.41, 5.74) is -1.21. The average molecular weight is 308 g/mol. The molecule has 2 spiro atoms. The van der Waals surface area contributed by atoms with Crippen molar-refractivity contribution in [1.29, 1.82) is 0 Å². The van der Waals surface area contributed by atoms with E-state index in [-0.39, 0.29) is 17.1 Å². The van der Waals surface area contributed by atoms with Gasteiger partial charge in [0.05, 0.1) is 25.9 Å². The van der Waals surface area contributed by atoms with Crippen LogP contribution in [0.2, 0.25) is 0 Å². The van der Waals surface area contributed by atoms with E-state index in [1.807, 2.05) is 0 Å². The largest absolute Gasteiger partial charge is 0.468 e. The summed E-state index contributed by atoms with van der Waals surface area (Å²) >= 11 is 0. The average Bonchev–Trinajstić information content (AvgIpc) is 2.97. The van der Waals surface area contributed by atoms with E-state index in [4.69, 9.17) is 14.2 Å². The molecule has 4 fully saturated rings. The number of esters is 2. The summed E-state index contributed by atoms with van der Waals surface area (Å²) in [5, 5.41) is 0. The van der Waals surface area contributed by atoms with E-state index in [1.54, 1.807) is 0 Å². The van der Waals surface area contributed by atoms with Gasteiger partial charge in [-0.15, -0.1) is 0 Å². The van der Waals surface area contributed by atoms with Crippen LogP contribution < -0.4 is 0 Å². The van der Waals surface area contributed by atoms with Gasteiger partial charge in [0.15, 0.2) is 5.41 Å². The summed E-state index contributed by atoms with van der Waals surface area (Å²) in [6.07, 6.45) is 8.03. The molecule has 0 radical (unpaired) electrons. The van der Waals surface area contributed by atoms with Gasteiger partial charge >= 0.3 is 11.9 Å². The van der Waals surface area contributed by atoms with Crippen molar-refractivity contribution in [2.45, 2.75) is 63.1 Å². The van der Waals surface area contributed by atoms with Crippen LogP contribution in [0.1, 0.15) is 51.4 Å². The van der Waals surface area contributed by atoms with E-state index >= 15 is 0 Å². The fraction of sp³-hybridized carbons (Fsp3) is 0.882. The monoisotopic (exact) mass is 308 g/mol. The van der Waals surface area contributed by atoms with Crippen molar-refractivity contribution in [3.8, 4) is 0 Å². The molecule has 0 aromatic heterocycles. The minimum absolute atomic E-state index is 0.0136. The van der Waals surface area contributed by atoms with Gasteiger partial charge in [-0.05, 0) is 38.0 Å². The zero-order valence-electron chi connectivity index (χ0n) is 13.4. The zero-order chi connectivity index (χ0) is 15.6. The molecule has 0 N–H and O–H groups in total. The summed E-state index contributed by atoms with van der Waals surface area (Å²) in [6, 6.07) is 0. The molecule has 4 aliphatic rings. The van der Waals surface area contributed by atoms with Crippen LogP contribution in [0.5, 0.6) is 0 Å². The van der Waals surface area contributed by atoms with Crippen LogP contribution in [-0.4, -0.2) is 37.9 Å². The fourth-order valence-corrected chi connectivity index (χ4v) is 5.78. The molecule has 0 unspecified atom stereocenters. The minimum Gasteiger partial charge on any atom is -0.468 e. The molecule has 3 saturated carbocycles. The Hall–Kier alpha value is -1.10. The second-order valence-corrected chi connectivity index (χ2v) is 7.67. The Bertz CT molecular complexity index is 505. The first-order chi connectivity index (χ1) is 10.5. The first kappa shape index (κ1) is 14.5. The van der Waals surface area contributed by atoms with Crippen LogP contribution in [0.4, 0.5) is 0 Å². The lowest BCUT2D eigenvalue weighted by Gasteiger charge is -2.40. The molecule has 0 aromatic rings. The number of rotatable bonds is 2. The van der Waals surface area contributed by atoms with Gasteiger partial charge in [-0.2, -0.15) is 0 Å². The van der Waals surface area contributed by atoms with Gasteiger partial charge in [-0.3, -0.25) is 9.59 Å². The van der Waals surface area contributed by atoms with Crippen molar-refractivity contribution in [3.63, 3.8) is 0 Å². The van der Waals surface area contributed by atoms with Crippen molar-refractivity contribution in [2.24, 2.45) is 16.7 Å². The maximum atomic E-state index is 12.4. The van der Waals surface area contributed by atoms with Gasteiger partial charge in [-0.1, -0.05) is 19.3 Å². The van der Waals surface area contributed by atoms with E-state index in [0.29, 0.717) is 18.8 Å². The van der Waals surface area contributed by atoms with Crippen LogP contribution in [0.25, 0.3) is 0 Å². The molecule has 1 heterocycles. The highest BCUT2D eigenvalue weighted by atomic mass is 16.5. The Kier molecular flexibility index (Phi) is 2.94. The van der Waals surface area contributed by atoms with Gasteiger partial charge < -0.3 is 14.2 Å². The minimum atomic E-state index is -1.11. The Labute approximate surface area is 130 Å². The van der Waals surface area contributed by atoms with E-state index in [9.17, 15) is 9.59 Å². The van der Waals surface area contributed by atoms with Crippen molar-refractivity contribution in [2.75, 3.05) is 14.2 Å². The maximum absolute atomic E-state index is 12.4. The van der Waals surface area contributed by atoms with Crippen molar-refractivity contribution in [3.05, 3.63) is 0 Å². The Morgan fingerprint density at radius 2 is 1.64 bits per heavy atom. The van der Waals surface area contributed by atoms with Gasteiger partial charge in [0.1, 0.15) is 0 Å². The van der Waals surface area contributed by atoms with Crippen LogP contribution >= 0.6 is 0 Å². The number of fused-ring (bicyclic) bond motifs is 1. The highest BCUT2D eigenvalue weighted by Gasteiger charge is 2.80. The second kappa shape index (κ2) is 4.47. The molecular weight excluding hydrogens is 284 g/mol. The number of carbonyl (C=O) groups excluding carboxylic acids is 2. The molecule has 1 saturated heterocycles. The van der Waals surface area contributed by atoms with Crippen molar-refractivity contribution in [1.82, 2.24) is 0 Å². The third kappa shape index (κ3) is 1.58. The normalized spacial score (nSPS) is 39.9. The first-order valence-corrected chi connectivity index (χ1v) is 8.38. The van der Waals surface area contributed by atoms with Gasteiger partial charge in [0, 0.05) is 5.41 Å². The van der Waals surface area contributed by atoms with Crippen LogP contribution in [0.15, 0.2) is 0 Å². The Balaban J connectivity index is 1.70. The zero-order valence-corrected chi connectivity index (χ0v) is 13.4. The van der Waals surface area contributed by atoms with Crippen LogP contribution in [-0.2, 0) is 23.8 Å². The molecule has 22 heavy (non-hydrogen) atoms. The standard InChI is InChI=1S/C17H24O5/c1-20-13(18)16(14(19)21-2)8-11-15(10-16)9-12(15)22-17(11)6-4-3-5-7-17/h11-12H,3-10H2,1-2H3/t11-,12-,15+/m1/s1. The number of hydrogen-bond acceptors (Lipinski definition) is 5. The Morgan fingerprint density at radius 1 is 1.00 bits per heavy atom. The lowest BCUT2D eigenvalue weighted by atomic mass is 9.71. The summed E-state index contributed by atoms with van der Waals surface area (Å²) in [5.74, 6) is -0.567. The number of ether oxygens (including phenoxy) is 3. The van der Waals surface area contributed by atoms with Crippen LogP contribution in [0, 0.1) is 16.7 Å². The van der Waals surface area contributed by atoms with E-state index in [2.05, 4.69) is 0 Å². The molecule has 5 nitrogen and oxygen atoms in total. The molecular formula is C17H24O5. The van der Waals surface area contributed by atoms with Crippen LogP contribution in [0.3, 0.4) is 0 Å². The van der Waals surface area contributed by atoms with Crippen molar-refractivity contribution < 1.29 is 23.8 Å². The van der Waals surface area contributed by atoms with Gasteiger partial charge in [0.25, 0.3) is 0 Å². The lowest BCUT2D eigenvalue weighted by molar-refractivity contribution is -0.170. The van der Waals surface area contributed by atoms with E-state index < -0.39 is 17.4 Å². The third-order valence-corrected chi connectivity index (χ3v) is 6.79. The molecule has 0 bridgehead atoms. The van der Waals surface area contributed by atoms with E-state index in [1.165, 1.54) is 33.5 Å².